The summed E-state index contributed by atoms with van der Waals surface area (Å²) in [7, 11) is -3.89. The number of carbonyl (C=O) groups is 2. The van der Waals surface area contributed by atoms with Crippen molar-refractivity contribution in [3.05, 3.63) is 52.9 Å². The van der Waals surface area contributed by atoms with Crippen molar-refractivity contribution in [1.29, 1.82) is 0 Å². The van der Waals surface area contributed by atoms with Gasteiger partial charge in [-0.2, -0.15) is 4.72 Å². The minimum atomic E-state index is -3.89. The molecule has 0 bridgehead atoms. The molecule has 0 saturated heterocycles. The van der Waals surface area contributed by atoms with E-state index in [0.29, 0.717) is 5.76 Å². The number of nitrogens with one attached hydrogen (secondary N) is 3. The average molecular weight is 472 g/mol. The predicted octanol–water partition coefficient (Wildman–Crippen LogP) is 1.78. The van der Waals surface area contributed by atoms with Gasteiger partial charge in [0, 0.05) is 4.47 Å². The lowest BCUT2D eigenvalue weighted by Gasteiger charge is -2.21. The van der Waals surface area contributed by atoms with Gasteiger partial charge in [0.1, 0.15) is 11.8 Å². The molecule has 8 nitrogen and oxygen atoms in total. The van der Waals surface area contributed by atoms with Gasteiger partial charge < -0.3 is 15.1 Å². The topological polar surface area (TPSA) is 118 Å². The van der Waals surface area contributed by atoms with E-state index in [0.717, 1.165) is 4.47 Å². The number of carbonyl (C=O) groups excluding carboxylic acids is 2. The average Bonchev–Trinajstić information content (AvgIpc) is 3.16. The SMILES string of the molecule is CC(C)[C@H](NS(=O)(=O)c1ccc(Br)cc1)C(=O)NCC(=O)NCc1ccco1. The molecule has 28 heavy (non-hydrogen) atoms. The van der Waals surface area contributed by atoms with Crippen LogP contribution >= 0.6 is 15.9 Å². The number of benzene rings is 1. The maximum Gasteiger partial charge on any atom is 0.241 e. The second kappa shape index (κ2) is 9.85. The summed E-state index contributed by atoms with van der Waals surface area (Å²) in [6.45, 7) is 3.35. The van der Waals surface area contributed by atoms with E-state index in [-0.39, 0.29) is 23.9 Å². The predicted molar refractivity (Wildman–Crippen MR) is 107 cm³/mol. The monoisotopic (exact) mass is 471 g/mol. The molecular weight excluding hydrogens is 450 g/mol. The van der Waals surface area contributed by atoms with Crippen molar-refractivity contribution in [3.8, 4) is 0 Å². The van der Waals surface area contributed by atoms with Crippen LogP contribution in [-0.4, -0.2) is 32.8 Å². The Morgan fingerprint density at radius 3 is 2.36 bits per heavy atom. The lowest BCUT2D eigenvalue weighted by Crippen LogP contribution is -2.51. The van der Waals surface area contributed by atoms with Crippen LogP contribution in [0.4, 0.5) is 0 Å². The first-order valence-corrected chi connectivity index (χ1v) is 10.8. The van der Waals surface area contributed by atoms with Crippen LogP contribution in [0.3, 0.4) is 0 Å². The van der Waals surface area contributed by atoms with E-state index in [4.69, 9.17) is 4.42 Å². The van der Waals surface area contributed by atoms with Crippen LogP contribution in [0.15, 0.2) is 56.4 Å². The summed E-state index contributed by atoms with van der Waals surface area (Å²) in [5.74, 6) is -0.731. The van der Waals surface area contributed by atoms with Gasteiger partial charge in [0.15, 0.2) is 0 Å². The van der Waals surface area contributed by atoms with Gasteiger partial charge in [-0.3, -0.25) is 9.59 Å². The zero-order valence-electron chi connectivity index (χ0n) is 15.4. The molecule has 152 valence electrons. The minimum absolute atomic E-state index is 0.0466. The smallest absolute Gasteiger partial charge is 0.241 e. The van der Waals surface area contributed by atoms with Crippen molar-refractivity contribution in [2.24, 2.45) is 5.92 Å². The fourth-order valence-electron chi connectivity index (χ4n) is 2.28. The van der Waals surface area contributed by atoms with Gasteiger partial charge in [0.25, 0.3) is 0 Å². The molecule has 0 aliphatic rings. The number of amides is 2. The van der Waals surface area contributed by atoms with Gasteiger partial charge in [0.05, 0.1) is 24.2 Å². The Bertz CT molecular complexity index is 896. The molecular formula is C18H22BrN3O5S. The van der Waals surface area contributed by atoms with Crippen molar-refractivity contribution in [3.63, 3.8) is 0 Å². The first kappa shape index (κ1) is 22.1. The van der Waals surface area contributed by atoms with Gasteiger partial charge in [-0.15, -0.1) is 0 Å². The first-order valence-electron chi connectivity index (χ1n) is 8.53. The van der Waals surface area contributed by atoms with Crippen LogP contribution in [0.5, 0.6) is 0 Å². The fourth-order valence-corrected chi connectivity index (χ4v) is 3.89. The Morgan fingerprint density at radius 1 is 1.11 bits per heavy atom. The number of hydrogen-bond acceptors (Lipinski definition) is 5. The van der Waals surface area contributed by atoms with E-state index >= 15 is 0 Å². The molecule has 10 heteroatoms. The van der Waals surface area contributed by atoms with Crippen LogP contribution in [-0.2, 0) is 26.2 Å². The van der Waals surface area contributed by atoms with Gasteiger partial charge in [-0.05, 0) is 42.3 Å². The lowest BCUT2D eigenvalue weighted by atomic mass is 10.1. The molecule has 1 atom stereocenters. The van der Waals surface area contributed by atoms with Crippen LogP contribution in [0.25, 0.3) is 0 Å². The fraction of sp³-hybridized carbons (Fsp3) is 0.333. The van der Waals surface area contributed by atoms with E-state index in [1.54, 1.807) is 38.1 Å². The normalized spacial score (nSPS) is 12.6. The molecule has 1 aromatic carbocycles. The van der Waals surface area contributed by atoms with Crippen molar-refractivity contribution in [2.75, 3.05) is 6.54 Å². The maximum absolute atomic E-state index is 12.5. The molecule has 0 aliphatic heterocycles. The second-order valence-corrected chi connectivity index (χ2v) is 9.00. The Kier molecular flexibility index (Phi) is 7.78. The van der Waals surface area contributed by atoms with E-state index in [2.05, 4.69) is 31.3 Å². The van der Waals surface area contributed by atoms with Crippen LogP contribution in [0.2, 0.25) is 0 Å². The molecule has 2 rings (SSSR count). The molecule has 0 radical (unpaired) electrons. The quantitative estimate of drug-likeness (QED) is 0.515. The van der Waals surface area contributed by atoms with Crippen LogP contribution in [0.1, 0.15) is 19.6 Å². The third kappa shape index (κ3) is 6.47. The van der Waals surface area contributed by atoms with Crippen molar-refractivity contribution >= 4 is 37.8 Å². The molecule has 0 saturated carbocycles. The number of sulfonamides is 1. The van der Waals surface area contributed by atoms with Crippen molar-refractivity contribution < 1.29 is 22.4 Å². The third-order valence-corrected chi connectivity index (χ3v) is 5.80. The van der Waals surface area contributed by atoms with Crippen molar-refractivity contribution in [1.82, 2.24) is 15.4 Å². The first-order chi connectivity index (χ1) is 13.2. The Balaban J connectivity index is 1.93. The molecule has 1 aromatic heterocycles. The summed E-state index contributed by atoms with van der Waals surface area (Å²) < 4.78 is 33.3. The summed E-state index contributed by atoms with van der Waals surface area (Å²) >= 11 is 3.25. The summed E-state index contributed by atoms with van der Waals surface area (Å²) in [5.41, 5.74) is 0. The molecule has 3 N–H and O–H groups in total. The zero-order valence-corrected chi connectivity index (χ0v) is 17.8. The number of hydrogen-bond donors (Lipinski definition) is 3. The minimum Gasteiger partial charge on any atom is -0.467 e. The highest BCUT2D eigenvalue weighted by Gasteiger charge is 2.28. The van der Waals surface area contributed by atoms with E-state index in [9.17, 15) is 18.0 Å². The molecule has 2 aromatic rings. The highest BCUT2D eigenvalue weighted by Crippen LogP contribution is 2.16. The summed E-state index contributed by atoms with van der Waals surface area (Å²) in [6, 6.07) is 8.46. The van der Waals surface area contributed by atoms with Crippen LogP contribution in [0, 0.1) is 5.92 Å². The summed E-state index contributed by atoms with van der Waals surface area (Å²) in [4.78, 5) is 24.4. The number of halogens is 1. The molecule has 0 unspecified atom stereocenters. The van der Waals surface area contributed by atoms with E-state index < -0.39 is 27.9 Å². The lowest BCUT2D eigenvalue weighted by molar-refractivity contribution is -0.127. The van der Waals surface area contributed by atoms with Gasteiger partial charge in [0.2, 0.25) is 21.8 Å². The largest absolute Gasteiger partial charge is 0.467 e. The number of rotatable bonds is 9. The standard InChI is InChI=1S/C18H22BrN3O5S/c1-12(2)17(22-28(25,26)15-7-5-13(19)6-8-15)18(24)21-11-16(23)20-10-14-4-3-9-27-14/h3-9,12,17,22H,10-11H2,1-2H3,(H,20,23)(H,21,24)/t17-/m0/s1. The van der Waals surface area contributed by atoms with E-state index in [1.807, 2.05) is 0 Å². The van der Waals surface area contributed by atoms with Gasteiger partial charge >= 0.3 is 0 Å². The summed E-state index contributed by atoms with van der Waals surface area (Å²) in [5, 5.41) is 5.06. The van der Waals surface area contributed by atoms with E-state index in [1.165, 1.54) is 18.4 Å². The Hall–Kier alpha value is -2.17. The molecule has 0 aliphatic carbocycles. The summed E-state index contributed by atoms with van der Waals surface area (Å²) in [6.07, 6.45) is 1.49. The second-order valence-electron chi connectivity index (χ2n) is 6.37. The molecule has 1 heterocycles. The van der Waals surface area contributed by atoms with Gasteiger partial charge in [-0.25, -0.2) is 8.42 Å². The maximum atomic E-state index is 12.5. The molecule has 2 amide bonds. The molecule has 0 fully saturated rings. The third-order valence-electron chi connectivity index (χ3n) is 3.82. The number of furan rings is 1. The zero-order chi connectivity index (χ0) is 20.7. The van der Waals surface area contributed by atoms with Crippen LogP contribution < -0.4 is 15.4 Å². The van der Waals surface area contributed by atoms with Gasteiger partial charge in [-0.1, -0.05) is 29.8 Å². The highest BCUT2D eigenvalue weighted by molar-refractivity contribution is 9.10. The highest BCUT2D eigenvalue weighted by atomic mass is 79.9. The van der Waals surface area contributed by atoms with Crippen molar-refractivity contribution in [2.45, 2.75) is 31.3 Å². The Morgan fingerprint density at radius 2 is 1.79 bits per heavy atom. The Labute approximate surface area is 172 Å². The molecule has 0 spiro atoms.